The SMILES string of the molecule is Nc1cc(F)c(Sc2ccc(F)cn2)c(F)c1. The Hall–Kier alpha value is -1.69. The maximum Gasteiger partial charge on any atom is 0.142 e. The fourth-order valence-electron chi connectivity index (χ4n) is 1.20. The molecule has 2 rings (SSSR count). The van der Waals surface area contributed by atoms with E-state index in [1.807, 2.05) is 0 Å². The van der Waals surface area contributed by atoms with Gasteiger partial charge < -0.3 is 5.73 Å². The number of hydrogen-bond donors (Lipinski definition) is 1. The van der Waals surface area contributed by atoms with E-state index in [2.05, 4.69) is 4.98 Å². The Morgan fingerprint density at radius 3 is 2.24 bits per heavy atom. The lowest BCUT2D eigenvalue weighted by Crippen LogP contribution is -1.93. The molecule has 1 aromatic heterocycles. The lowest BCUT2D eigenvalue weighted by Gasteiger charge is -2.05. The Kier molecular flexibility index (Phi) is 3.23. The Balaban J connectivity index is 2.33. The summed E-state index contributed by atoms with van der Waals surface area (Å²) in [4.78, 5) is 3.49. The molecule has 0 saturated carbocycles. The van der Waals surface area contributed by atoms with E-state index in [1.165, 1.54) is 12.1 Å². The van der Waals surface area contributed by atoms with Crippen molar-refractivity contribution in [3.05, 3.63) is 47.9 Å². The second-order valence-electron chi connectivity index (χ2n) is 3.23. The standard InChI is InChI=1S/C11H7F3N2S/c12-6-1-2-10(16-5-6)17-11-8(13)3-7(15)4-9(11)14/h1-5H,15H2. The van der Waals surface area contributed by atoms with Gasteiger partial charge >= 0.3 is 0 Å². The van der Waals surface area contributed by atoms with Crippen LogP contribution in [0.1, 0.15) is 0 Å². The molecule has 0 fully saturated rings. The number of pyridine rings is 1. The zero-order chi connectivity index (χ0) is 12.4. The number of hydrogen-bond acceptors (Lipinski definition) is 3. The summed E-state index contributed by atoms with van der Waals surface area (Å²) in [7, 11) is 0. The van der Waals surface area contributed by atoms with Gasteiger partial charge in [0.25, 0.3) is 0 Å². The van der Waals surface area contributed by atoms with Crippen LogP contribution in [0.4, 0.5) is 18.9 Å². The van der Waals surface area contributed by atoms with Gasteiger partial charge in [-0.25, -0.2) is 18.2 Å². The van der Waals surface area contributed by atoms with Crippen LogP contribution >= 0.6 is 11.8 Å². The summed E-state index contributed by atoms with van der Waals surface area (Å²) in [5, 5.41) is 0.300. The average molecular weight is 256 g/mol. The molecule has 0 bridgehead atoms. The number of aromatic nitrogens is 1. The van der Waals surface area contributed by atoms with Crippen molar-refractivity contribution in [2.24, 2.45) is 0 Å². The van der Waals surface area contributed by atoms with Crippen molar-refractivity contribution >= 4 is 17.4 Å². The lowest BCUT2D eigenvalue weighted by atomic mass is 10.3. The van der Waals surface area contributed by atoms with Gasteiger partial charge in [-0.3, -0.25) is 0 Å². The first-order chi connectivity index (χ1) is 8.06. The molecule has 0 aliphatic rings. The first-order valence-corrected chi connectivity index (χ1v) is 5.42. The molecule has 1 aromatic carbocycles. The number of nitrogen functional groups attached to an aromatic ring is 1. The van der Waals surface area contributed by atoms with Crippen LogP contribution in [-0.4, -0.2) is 4.98 Å². The molecule has 0 saturated heterocycles. The molecule has 0 aliphatic carbocycles. The molecule has 0 spiro atoms. The lowest BCUT2D eigenvalue weighted by molar-refractivity contribution is 0.541. The second kappa shape index (κ2) is 4.67. The van der Waals surface area contributed by atoms with Crippen molar-refractivity contribution < 1.29 is 13.2 Å². The summed E-state index contributed by atoms with van der Waals surface area (Å²) >= 11 is 0.775. The third-order valence-corrected chi connectivity index (χ3v) is 2.97. The Labute approximate surface area is 99.7 Å². The smallest absolute Gasteiger partial charge is 0.142 e. The predicted molar refractivity (Wildman–Crippen MR) is 59.1 cm³/mol. The van der Waals surface area contributed by atoms with Gasteiger partial charge in [-0.1, -0.05) is 11.8 Å². The first-order valence-electron chi connectivity index (χ1n) is 4.60. The molecule has 2 aromatic rings. The Morgan fingerprint density at radius 1 is 1.06 bits per heavy atom. The minimum Gasteiger partial charge on any atom is -0.399 e. The number of benzene rings is 1. The van der Waals surface area contributed by atoms with Gasteiger partial charge in [0.05, 0.1) is 11.1 Å². The van der Waals surface area contributed by atoms with Crippen LogP contribution in [0.2, 0.25) is 0 Å². The van der Waals surface area contributed by atoms with Gasteiger partial charge in [0.15, 0.2) is 0 Å². The molecule has 6 heteroatoms. The highest BCUT2D eigenvalue weighted by atomic mass is 32.2. The molecular weight excluding hydrogens is 249 g/mol. The van der Waals surface area contributed by atoms with E-state index in [0.717, 1.165) is 30.1 Å². The van der Waals surface area contributed by atoms with E-state index in [4.69, 9.17) is 5.73 Å². The van der Waals surface area contributed by atoms with Gasteiger partial charge in [-0.15, -0.1) is 0 Å². The van der Waals surface area contributed by atoms with Crippen molar-refractivity contribution in [1.29, 1.82) is 0 Å². The number of halogens is 3. The van der Waals surface area contributed by atoms with Crippen LogP contribution in [0.3, 0.4) is 0 Å². The van der Waals surface area contributed by atoms with Crippen LogP contribution in [0, 0.1) is 17.5 Å². The summed E-state index contributed by atoms with van der Waals surface area (Å²) in [6.45, 7) is 0. The van der Waals surface area contributed by atoms with E-state index in [0.29, 0.717) is 5.03 Å². The molecule has 0 atom stereocenters. The van der Waals surface area contributed by atoms with Gasteiger partial charge in [0, 0.05) is 5.69 Å². The molecule has 2 N–H and O–H groups in total. The third kappa shape index (κ3) is 2.71. The van der Waals surface area contributed by atoms with Crippen LogP contribution in [0.25, 0.3) is 0 Å². The summed E-state index contributed by atoms with van der Waals surface area (Å²) in [5.74, 6) is -2.04. The number of anilines is 1. The quantitative estimate of drug-likeness (QED) is 0.838. The Morgan fingerprint density at radius 2 is 1.71 bits per heavy atom. The van der Waals surface area contributed by atoms with Crippen LogP contribution in [0.15, 0.2) is 40.4 Å². The van der Waals surface area contributed by atoms with Gasteiger partial charge in [-0.2, -0.15) is 0 Å². The van der Waals surface area contributed by atoms with Crippen molar-refractivity contribution in [3.63, 3.8) is 0 Å². The fourth-order valence-corrected chi connectivity index (χ4v) is 1.97. The van der Waals surface area contributed by atoms with E-state index in [-0.39, 0.29) is 10.6 Å². The summed E-state index contributed by atoms with van der Waals surface area (Å²) < 4.78 is 39.5. The minimum atomic E-state index is -0.765. The fraction of sp³-hybridized carbons (Fsp3) is 0. The predicted octanol–water partition coefficient (Wildman–Crippen LogP) is 3.23. The van der Waals surface area contributed by atoms with Crippen LogP contribution in [0.5, 0.6) is 0 Å². The second-order valence-corrected chi connectivity index (χ2v) is 4.26. The van der Waals surface area contributed by atoms with E-state index >= 15 is 0 Å². The van der Waals surface area contributed by atoms with Crippen molar-refractivity contribution in [1.82, 2.24) is 4.98 Å². The van der Waals surface area contributed by atoms with Gasteiger partial charge in [0.1, 0.15) is 22.5 Å². The maximum absolute atomic E-state index is 13.4. The largest absolute Gasteiger partial charge is 0.399 e. The van der Waals surface area contributed by atoms with E-state index in [9.17, 15) is 13.2 Å². The van der Waals surface area contributed by atoms with E-state index in [1.54, 1.807) is 0 Å². The molecule has 1 heterocycles. The zero-order valence-electron chi connectivity index (χ0n) is 8.45. The number of nitrogens with zero attached hydrogens (tertiary/aromatic N) is 1. The first kappa shape index (κ1) is 11.8. The molecule has 17 heavy (non-hydrogen) atoms. The highest BCUT2D eigenvalue weighted by Crippen LogP contribution is 2.31. The molecule has 0 amide bonds. The summed E-state index contributed by atoms with van der Waals surface area (Å²) in [6, 6.07) is 4.56. The Bertz CT molecular complexity index is 520. The molecular formula is C11H7F3N2S. The molecule has 0 unspecified atom stereocenters. The topological polar surface area (TPSA) is 38.9 Å². The zero-order valence-corrected chi connectivity index (χ0v) is 9.27. The highest BCUT2D eigenvalue weighted by Gasteiger charge is 2.12. The van der Waals surface area contributed by atoms with Crippen molar-refractivity contribution in [2.75, 3.05) is 5.73 Å². The van der Waals surface area contributed by atoms with Crippen molar-refractivity contribution in [2.45, 2.75) is 9.92 Å². The normalized spacial score (nSPS) is 10.5. The van der Waals surface area contributed by atoms with Crippen LogP contribution < -0.4 is 5.73 Å². The van der Waals surface area contributed by atoms with Gasteiger partial charge in [0.2, 0.25) is 0 Å². The average Bonchev–Trinajstić information content (AvgIpc) is 2.26. The van der Waals surface area contributed by atoms with Crippen LogP contribution in [-0.2, 0) is 0 Å². The van der Waals surface area contributed by atoms with Crippen molar-refractivity contribution in [3.8, 4) is 0 Å². The minimum absolute atomic E-state index is 0.0106. The highest BCUT2D eigenvalue weighted by molar-refractivity contribution is 7.99. The maximum atomic E-state index is 13.4. The summed E-state index contributed by atoms with van der Waals surface area (Å²) in [6.07, 6.45) is 0.982. The summed E-state index contributed by atoms with van der Waals surface area (Å²) in [5.41, 5.74) is 5.30. The molecule has 0 radical (unpaired) electrons. The monoisotopic (exact) mass is 256 g/mol. The van der Waals surface area contributed by atoms with E-state index < -0.39 is 17.5 Å². The molecule has 0 aliphatic heterocycles. The van der Waals surface area contributed by atoms with Gasteiger partial charge in [-0.05, 0) is 24.3 Å². The third-order valence-electron chi connectivity index (χ3n) is 1.93. The number of rotatable bonds is 2. The number of nitrogens with two attached hydrogens (primary N) is 1. The molecule has 2 nitrogen and oxygen atoms in total. The molecule has 88 valence electrons.